The molecular weight excluding hydrogens is 350 g/mol. The number of aromatic nitrogens is 2. The number of carbonyl (C=O) groups is 1. The molecule has 3 rings (SSSR count). The largest absolute Gasteiger partial charge is 0.481 e. The van der Waals surface area contributed by atoms with E-state index in [9.17, 15) is 9.90 Å². The van der Waals surface area contributed by atoms with Gasteiger partial charge in [0.25, 0.3) is 0 Å². The first-order chi connectivity index (χ1) is 12.4. The number of carboxylic acids is 1. The Kier molecular flexibility index (Phi) is 5.47. The third-order valence-corrected chi connectivity index (χ3v) is 5.47. The van der Waals surface area contributed by atoms with Crippen molar-refractivity contribution in [2.75, 3.05) is 18.0 Å². The lowest BCUT2D eigenvalue weighted by atomic mass is 9.74. The van der Waals surface area contributed by atoms with E-state index in [1.165, 1.54) is 0 Å². The summed E-state index contributed by atoms with van der Waals surface area (Å²) in [6, 6.07) is 11.4. The quantitative estimate of drug-likeness (QED) is 0.852. The lowest BCUT2D eigenvalue weighted by molar-refractivity contribution is -0.150. The first-order valence-electron chi connectivity index (χ1n) is 8.96. The minimum Gasteiger partial charge on any atom is -0.481 e. The highest BCUT2D eigenvalue weighted by molar-refractivity contribution is 6.30. The Hall–Kier alpha value is -2.14. The molecule has 0 saturated carbocycles. The standard InChI is InChI=1S/C20H24ClN3O2/c1-14(2)17-7-8-18(23-22-17)24-11-9-20(10-12-24,19(25)26)13-15-3-5-16(21)6-4-15/h3-8,14H,9-13H2,1-2H3,(H,25,26). The summed E-state index contributed by atoms with van der Waals surface area (Å²) in [6.07, 6.45) is 1.68. The summed E-state index contributed by atoms with van der Waals surface area (Å²) in [5.74, 6) is 0.435. The molecule has 0 atom stereocenters. The Balaban J connectivity index is 1.70. The minimum atomic E-state index is -0.740. The van der Waals surface area contributed by atoms with Gasteiger partial charge >= 0.3 is 5.97 Å². The van der Waals surface area contributed by atoms with Crippen molar-refractivity contribution >= 4 is 23.4 Å². The van der Waals surface area contributed by atoms with Crippen LogP contribution in [-0.4, -0.2) is 34.4 Å². The van der Waals surface area contributed by atoms with E-state index in [2.05, 4.69) is 28.9 Å². The number of nitrogens with zero attached hydrogens (tertiary/aromatic N) is 3. The van der Waals surface area contributed by atoms with Crippen molar-refractivity contribution in [2.24, 2.45) is 5.41 Å². The van der Waals surface area contributed by atoms with Crippen molar-refractivity contribution in [3.63, 3.8) is 0 Å². The van der Waals surface area contributed by atoms with Gasteiger partial charge in [0.2, 0.25) is 0 Å². The van der Waals surface area contributed by atoms with Crippen LogP contribution in [0.5, 0.6) is 0 Å². The molecule has 1 fully saturated rings. The van der Waals surface area contributed by atoms with Crippen LogP contribution in [0.2, 0.25) is 5.02 Å². The van der Waals surface area contributed by atoms with Crippen molar-refractivity contribution in [3.05, 3.63) is 52.7 Å². The SMILES string of the molecule is CC(C)c1ccc(N2CCC(Cc3ccc(Cl)cc3)(C(=O)O)CC2)nn1. The van der Waals surface area contributed by atoms with Crippen LogP contribution in [-0.2, 0) is 11.2 Å². The molecule has 0 bridgehead atoms. The molecule has 138 valence electrons. The molecular formula is C20H24ClN3O2. The first-order valence-corrected chi connectivity index (χ1v) is 9.34. The van der Waals surface area contributed by atoms with Gasteiger partial charge in [0, 0.05) is 18.1 Å². The van der Waals surface area contributed by atoms with Crippen molar-refractivity contribution in [2.45, 2.75) is 39.0 Å². The van der Waals surface area contributed by atoms with Crippen molar-refractivity contribution in [1.82, 2.24) is 10.2 Å². The van der Waals surface area contributed by atoms with Crippen LogP contribution in [0, 0.1) is 5.41 Å². The average Bonchev–Trinajstić information content (AvgIpc) is 2.64. The van der Waals surface area contributed by atoms with E-state index in [4.69, 9.17) is 11.6 Å². The van der Waals surface area contributed by atoms with Crippen LogP contribution < -0.4 is 4.90 Å². The summed E-state index contributed by atoms with van der Waals surface area (Å²) >= 11 is 5.93. The van der Waals surface area contributed by atoms with E-state index in [1.54, 1.807) is 0 Å². The topological polar surface area (TPSA) is 66.3 Å². The fourth-order valence-corrected chi connectivity index (χ4v) is 3.56. The maximum Gasteiger partial charge on any atom is 0.310 e. The van der Waals surface area contributed by atoms with Crippen molar-refractivity contribution in [3.8, 4) is 0 Å². The van der Waals surface area contributed by atoms with Crippen LogP contribution in [0.25, 0.3) is 0 Å². The van der Waals surface area contributed by atoms with Gasteiger partial charge in [-0.1, -0.05) is 37.6 Å². The zero-order valence-corrected chi connectivity index (χ0v) is 15.9. The molecule has 1 aromatic heterocycles. The third kappa shape index (κ3) is 3.98. The van der Waals surface area contributed by atoms with Gasteiger partial charge in [-0.15, -0.1) is 5.10 Å². The number of piperidine rings is 1. The van der Waals surface area contributed by atoms with Crippen LogP contribution in [0.3, 0.4) is 0 Å². The molecule has 26 heavy (non-hydrogen) atoms. The predicted molar refractivity (Wildman–Crippen MR) is 103 cm³/mol. The van der Waals surface area contributed by atoms with E-state index in [0.29, 0.717) is 43.3 Å². The summed E-state index contributed by atoms with van der Waals surface area (Å²) in [6.45, 7) is 5.50. The second-order valence-corrected chi connectivity index (χ2v) is 7.78. The van der Waals surface area contributed by atoms with E-state index in [0.717, 1.165) is 17.1 Å². The second kappa shape index (κ2) is 7.62. The summed E-state index contributed by atoms with van der Waals surface area (Å²) in [4.78, 5) is 14.2. The van der Waals surface area contributed by atoms with Gasteiger partial charge in [-0.2, -0.15) is 5.10 Å². The Morgan fingerprint density at radius 3 is 2.31 bits per heavy atom. The maximum absolute atomic E-state index is 12.0. The number of benzene rings is 1. The molecule has 1 aromatic carbocycles. The summed E-state index contributed by atoms with van der Waals surface area (Å²) < 4.78 is 0. The molecule has 0 spiro atoms. The van der Waals surface area contributed by atoms with Crippen LogP contribution in [0.15, 0.2) is 36.4 Å². The highest BCUT2D eigenvalue weighted by Gasteiger charge is 2.41. The Bertz CT molecular complexity index is 752. The maximum atomic E-state index is 12.0. The fraction of sp³-hybridized carbons (Fsp3) is 0.450. The number of aliphatic carboxylic acids is 1. The molecule has 1 N–H and O–H groups in total. The Morgan fingerprint density at radius 1 is 1.15 bits per heavy atom. The van der Waals surface area contributed by atoms with Gasteiger partial charge in [0.05, 0.1) is 11.1 Å². The van der Waals surface area contributed by atoms with Crippen molar-refractivity contribution < 1.29 is 9.90 Å². The summed E-state index contributed by atoms with van der Waals surface area (Å²) in [7, 11) is 0. The molecule has 0 amide bonds. The molecule has 0 radical (unpaired) electrons. The molecule has 1 saturated heterocycles. The molecule has 5 nitrogen and oxygen atoms in total. The van der Waals surface area contributed by atoms with Crippen LogP contribution >= 0.6 is 11.6 Å². The summed E-state index contributed by atoms with van der Waals surface area (Å²) in [5.41, 5.74) is 1.23. The predicted octanol–water partition coefficient (Wildman–Crippen LogP) is 4.17. The molecule has 2 aromatic rings. The minimum absolute atomic E-state index is 0.344. The number of carboxylic acid groups (broad SMARTS) is 1. The van der Waals surface area contributed by atoms with Crippen LogP contribution in [0.4, 0.5) is 5.82 Å². The Labute approximate surface area is 159 Å². The average molecular weight is 374 g/mol. The number of anilines is 1. The van der Waals surface area contributed by atoms with E-state index >= 15 is 0 Å². The number of rotatable bonds is 5. The molecule has 6 heteroatoms. The number of halogens is 1. The molecule has 0 unspecified atom stereocenters. The second-order valence-electron chi connectivity index (χ2n) is 7.35. The van der Waals surface area contributed by atoms with Gasteiger partial charge < -0.3 is 10.0 Å². The van der Waals surface area contributed by atoms with Gasteiger partial charge in [-0.05, 0) is 55.0 Å². The zero-order valence-electron chi connectivity index (χ0n) is 15.2. The summed E-state index contributed by atoms with van der Waals surface area (Å²) in [5, 5.41) is 19.2. The fourth-order valence-electron chi connectivity index (χ4n) is 3.44. The van der Waals surface area contributed by atoms with Gasteiger partial charge in [0.1, 0.15) is 0 Å². The monoisotopic (exact) mass is 373 g/mol. The molecule has 1 aliphatic rings. The van der Waals surface area contributed by atoms with E-state index < -0.39 is 11.4 Å². The molecule has 0 aliphatic carbocycles. The van der Waals surface area contributed by atoms with E-state index in [-0.39, 0.29) is 0 Å². The molecule has 2 heterocycles. The third-order valence-electron chi connectivity index (χ3n) is 5.22. The van der Waals surface area contributed by atoms with Crippen molar-refractivity contribution in [1.29, 1.82) is 0 Å². The zero-order chi connectivity index (χ0) is 18.7. The van der Waals surface area contributed by atoms with E-state index in [1.807, 2.05) is 36.4 Å². The number of hydrogen-bond acceptors (Lipinski definition) is 4. The van der Waals surface area contributed by atoms with Crippen LogP contribution in [0.1, 0.15) is 43.9 Å². The number of hydrogen-bond donors (Lipinski definition) is 1. The molecule has 1 aliphatic heterocycles. The highest BCUT2D eigenvalue weighted by atomic mass is 35.5. The highest BCUT2D eigenvalue weighted by Crippen LogP contribution is 2.37. The lowest BCUT2D eigenvalue weighted by Crippen LogP contribution is -2.46. The normalized spacial score (nSPS) is 16.7. The first kappa shape index (κ1) is 18.6. The Morgan fingerprint density at radius 2 is 1.81 bits per heavy atom. The lowest BCUT2D eigenvalue weighted by Gasteiger charge is -2.39. The van der Waals surface area contributed by atoms with Gasteiger partial charge in [-0.3, -0.25) is 4.79 Å². The smallest absolute Gasteiger partial charge is 0.310 e. The van der Waals surface area contributed by atoms with Gasteiger partial charge in [0.15, 0.2) is 5.82 Å². The van der Waals surface area contributed by atoms with Gasteiger partial charge in [-0.25, -0.2) is 0 Å².